The number of aromatic nitrogens is 7. The number of H-pyrrole nitrogens is 2. The maximum absolute atomic E-state index is 14.6. The smallest absolute Gasteiger partial charge is 0.321 e. The number of hydrogen-bond donors (Lipinski definition) is 3. The summed E-state index contributed by atoms with van der Waals surface area (Å²) in [6, 6.07) is 10.2. The summed E-state index contributed by atoms with van der Waals surface area (Å²) in [5.41, 5.74) is 5.62. The minimum atomic E-state index is -0.345. The molecule has 0 atom stereocenters. The quantitative estimate of drug-likeness (QED) is 0.295. The van der Waals surface area contributed by atoms with Gasteiger partial charge in [-0.15, -0.1) is 0 Å². The number of hydrogen-bond acceptors (Lipinski definition) is 7. The fourth-order valence-corrected chi connectivity index (χ4v) is 5.04. The first-order valence-corrected chi connectivity index (χ1v) is 13.2. The normalized spacial score (nSPS) is 14.1. The summed E-state index contributed by atoms with van der Waals surface area (Å²) in [5, 5.41) is 11.1. The van der Waals surface area contributed by atoms with Gasteiger partial charge in [0.05, 0.1) is 29.0 Å². The van der Waals surface area contributed by atoms with Gasteiger partial charge in [-0.2, -0.15) is 5.10 Å². The maximum Gasteiger partial charge on any atom is 0.321 e. The van der Waals surface area contributed by atoms with E-state index in [1.54, 1.807) is 54.1 Å². The van der Waals surface area contributed by atoms with Gasteiger partial charge in [0.25, 0.3) is 0 Å². The van der Waals surface area contributed by atoms with Crippen LogP contribution in [0, 0.1) is 5.82 Å². The molecule has 0 radical (unpaired) electrons. The van der Waals surface area contributed by atoms with E-state index in [0.717, 1.165) is 29.6 Å². The first-order valence-electron chi connectivity index (χ1n) is 13.2. The highest BCUT2D eigenvalue weighted by molar-refractivity contribution is 5.97. The summed E-state index contributed by atoms with van der Waals surface area (Å²) in [6.45, 7) is 3.05. The predicted molar refractivity (Wildman–Crippen MR) is 153 cm³/mol. The molecular weight excluding hydrogens is 523 g/mol. The van der Waals surface area contributed by atoms with Crippen LogP contribution in [0.2, 0.25) is 0 Å². The van der Waals surface area contributed by atoms with E-state index in [4.69, 9.17) is 4.98 Å². The molecule has 2 amide bonds. The molecule has 0 spiro atoms. The number of halogens is 1. The molecular formula is C29H25FN10O. The molecule has 0 bridgehead atoms. The fraction of sp³-hybridized carbons (Fsp3) is 0.172. The summed E-state index contributed by atoms with van der Waals surface area (Å²) in [7, 11) is 2.05. The molecule has 6 heterocycles. The average molecular weight is 549 g/mol. The molecule has 11 nitrogen and oxygen atoms in total. The monoisotopic (exact) mass is 548 g/mol. The zero-order valence-electron chi connectivity index (χ0n) is 22.1. The lowest BCUT2D eigenvalue weighted by Gasteiger charge is -2.32. The molecule has 5 aromatic heterocycles. The van der Waals surface area contributed by atoms with Crippen LogP contribution in [0.5, 0.6) is 0 Å². The van der Waals surface area contributed by atoms with Crippen molar-refractivity contribution < 1.29 is 9.18 Å². The van der Waals surface area contributed by atoms with Gasteiger partial charge in [-0.25, -0.2) is 19.2 Å². The average Bonchev–Trinajstić information content (AvgIpc) is 3.62. The van der Waals surface area contributed by atoms with Crippen molar-refractivity contribution >= 4 is 33.8 Å². The lowest BCUT2D eigenvalue weighted by atomic mass is 10.1. The molecule has 1 aromatic carbocycles. The highest BCUT2D eigenvalue weighted by Crippen LogP contribution is 2.33. The Bertz CT molecular complexity index is 1910. The van der Waals surface area contributed by atoms with Gasteiger partial charge in [-0.05, 0) is 25.2 Å². The van der Waals surface area contributed by atoms with Crippen molar-refractivity contribution in [2.24, 2.45) is 0 Å². The number of amides is 2. The van der Waals surface area contributed by atoms with Crippen molar-refractivity contribution in [3.63, 3.8) is 0 Å². The van der Waals surface area contributed by atoms with Gasteiger partial charge in [0.2, 0.25) is 0 Å². The van der Waals surface area contributed by atoms with Gasteiger partial charge in [0.1, 0.15) is 17.0 Å². The first kappa shape index (κ1) is 24.8. The van der Waals surface area contributed by atoms with Gasteiger partial charge < -0.3 is 20.1 Å². The van der Waals surface area contributed by atoms with Crippen LogP contribution in [0.15, 0.2) is 67.4 Å². The van der Waals surface area contributed by atoms with Crippen molar-refractivity contribution in [3.8, 4) is 33.8 Å². The third-order valence-corrected chi connectivity index (χ3v) is 7.32. The number of carbonyl (C=O) groups excluding carboxylic acids is 1. The van der Waals surface area contributed by atoms with Crippen molar-refractivity contribution in [1.29, 1.82) is 0 Å². The molecule has 6 aromatic rings. The standard InChI is InChI=1S/C29H25FN10O/c1-39-6-8-40(9-7-39)29(41)34-19-10-17(12-31-14-19)18-11-21-26(37-38-27(21)33-13-18)28-35-24-16-32-15-22(25(24)36-28)20-4-2-3-5-23(20)30/h2-5,10-16H,6-9H2,1H3,(H,34,41)(H,35,36)(H,33,37,38). The minimum absolute atomic E-state index is 0.142. The van der Waals surface area contributed by atoms with E-state index in [9.17, 15) is 9.18 Å². The topological polar surface area (TPSA) is 132 Å². The van der Waals surface area contributed by atoms with Crippen molar-refractivity contribution in [2.75, 3.05) is 38.5 Å². The zero-order chi connectivity index (χ0) is 27.9. The number of pyridine rings is 3. The third-order valence-electron chi connectivity index (χ3n) is 7.32. The van der Waals surface area contributed by atoms with E-state index in [-0.39, 0.29) is 11.8 Å². The number of rotatable bonds is 4. The Morgan fingerprint density at radius 2 is 1.76 bits per heavy atom. The number of nitrogens with one attached hydrogen (secondary N) is 3. The molecule has 1 fully saturated rings. The highest BCUT2D eigenvalue weighted by Gasteiger charge is 2.20. The molecule has 3 N–H and O–H groups in total. The van der Waals surface area contributed by atoms with Crippen LogP contribution in [0.25, 0.3) is 55.8 Å². The summed E-state index contributed by atoms with van der Waals surface area (Å²) in [4.78, 5) is 38.0. The lowest BCUT2D eigenvalue weighted by Crippen LogP contribution is -2.48. The maximum atomic E-state index is 14.6. The fourth-order valence-electron chi connectivity index (χ4n) is 5.04. The largest absolute Gasteiger partial charge is 0.335 e. The van der Waals surface area contributed by atoms with Gasteiger partial charge in [0, 0.05) is 67.0 Å². The number of carbonyl (C=O) groups is 1. The van der Waals surface area contributed by atoms with Crippen molar-refractivity contribution in [3.05, 3.63) is 73.2 Å². The second-order valence-electron chi connectivity index (χ2n) is 10.0. The molecule has 1 saturated heterocycles. The molecule has 12 heteroatoms. The zero-order valence-corrected chi connectivity index (χ0v) is 22.1. The Kier molecular flexibility index (Phi) is 6.08. The van der Waals surface area contributed by atoms with Crippen molar-refractivity contribution in [1.82, 2.24) is 44.9 Å². The van der Waals surface area contributed by atoms with Gasteiger partial charge in [-0.1, -0.05) is 18.2 Å². The van der Waals surface area contributed by atoms with E-state index in [0.29, 0.717) is 58.1 Å². The molecule has 0 aliphatic carbocycles. The van der Waals surface area contributed by atoms with E-state index in [1.807, 2.05) is 19.2 Å². The van der Waals surface area contributed by atoms with E-state index >= 15 is 0 Å². The number of likely N-dealkylation sites (N-methyl/N-ethyl adjacent to an activating group) is 1. The van der Waals surface area contributed by atoms with Crippen LogP contribution >= 0.6 is 0 Å². The van der Waals surface area contributed by atoms with E-state index < -0.39 is 0 Å². The molecule has 1 aliphatic rings. The van der Waals surface area contributed by atoms with Crippen LogP contribution in [0.4, 0.5) is 14.9 Å². The Balaban J connectivity index is 1.21. The summed E-state index contributed by atoms with van der Waals surface area (Å²) < 4.78 is 14.6. The van der Waals surface area contributed by atoms with Crippen LogP contribution in [0.1, 0.15) is 0 Å². The second kappa shape index (κ2) is 10.1. The number of benzene rings is 1. The molecule has 7 rings (SSSR count). The molecule has 41 heavy (non-hydrogen) atoms. The molecule has 1 aliphatic heterocycles. The van der Waals surface area contributed by atoms with Crippen LogP contribution in [0.3, 0.4) is 0 Å². The Morgan fingerprint density at radius 1 is 0.951 bits per heavy atom. The second-order valence-corrected chi connectivity index (χ2v) is 10.0. The number of aromatic amines is 2. The van der Waals surface area contributed by atoms with Crippen LogP contribution < -0.4 is 5.32 Å². The summed E-state index contributed by atoms with van der Waals surface area (Å²) in [5.74, 6) is 0.182. The first-order chi connectivity index (χ1) is 20.0. The lowest BCUT2D eigenvalue weighted by molar-refractivity contribution is 0.164. The number of piperazine rings is 1. The Morgan fingerprint density at radius 3 is 2.61 bits per heavy atom. The number of urea groups is 1. The summed E-state index contributed by atoms with van der Waals surface area (Å²) >= 11 is 0. The van der Waals surface area contributed by atoms with E-state index in [1.165, 1.54) is 6.07 Å². The number of nitrogens with zero attached hydrogens (tertiary/aromatic N) is 7. The summed E-state index contributed by atoms with van der Waals surface area (Å²) in [6.07, 6.45) is 8.34. The SMILES string of the molecule is CN1CCN(C(=O)Nc2cncc(-c3cnc4n[nH]c(-c5nc6c(-c7ccccc7F)cncc6[nH]5)c4c3)c2)CC1. The Hall–Kier alpha value is -5.23. The third kappa shape index (κ3) is 4.63. The van der Waals surface area contributed by atoms with Crippen LogP contribution in [-0.2, 0) is 0 Å². The highest BCUT2D eigenvalue weighted by atomic mass is 19.1. The Labute approximate surface area is 233 Å². The number of imidazole rings is 1. The van der Waals surface area contributed by atoms with Crippen LogP contribution in [-0.4, -0.2) is 84.2 Å². The predicted octanol–water partition coefficient (Wildman–Crippen LogP) is 4.54. The molecule has 0 unspecified atom stereocenters. The van der Waals surface area contributed by atoms with Gasteiger partial charge in [0.15, 0.2) is 11.5 Å². The van der Waals surface area contributed by atoms with Gasteiger partial charge >= 0.3 is 6.03 Å². The van der Waals surface area contributed by atoms with Crippen molar-refractivity contribution in [2.45, 2.75) is 0 Å². The molecule has 204 valence electrons. The number of anilines is 1. The number of fused-ring (bicyclic) bond motifs is 2. The van der Waals surface area contributed by atoms with Gasteiger partial charge in [-0.3, -0.25) is 15.1 Å². The van der Waals surface area contributed by atoms with E-state index in [2.05, 4.69) is 40.3 Å². The molecule has 0 saturated carbocycles. The minimum Gasteiger partial charge on any atom is -0.335 e.